The maximum atomic E-state index is 6.10. The molecule has 14 heavy (non-hydrogen) atoms. The highest BCUT2D eigenvalue weighted by molar-refractivity contribution is 7.11. The quantitative estimate of drug-likeness (QED) is 0.818. The van der Waals surface area contributed by atoms with Crippen LogP contribution in [0, 0.1) is 6.92 Å². The predicted octanol–water partition coefficient (Wildman–Crippen LogP) is 2.35. The fourth-order valence-corrected chi connectivity index (χ4v) is 1.71. The maximum Gasteiger partial charge on any atom is 0.273 e. The largest absolute Gasteiger partial charge is 0.468 e. The molecule has 0 aliphatic heterocycles. The summed E-state index contributed by atoms with van der Waals surface area (Å²) < 4.78 is 5.56. The molecule has 1 aromatic heterocycles. The minimum atomic E-state index is -0.209. The van der Waals surface area contributed by atoms with Crippen molar-refractivity contribution >= 4 is 11.3 Å². The van der Waals surface area contributed by atoms with Gasteiger partial charge in [0.15, 0.2) is 0 Å². The standard InChI is InChI=1S/C10H18N2OS/c1-4-10(11,5-2)7-13-9-12-8(3)6-14-9/h6H,4-5,7,11H2,1-3H3. The Morgan fingerprint density at radius 2 is 2.14 bits per heavy atom. The van der Waals surface area contributed by atoms with Crippen molar-refractivity contribution in [3.8, 4) is 5.19 Å². The molecule has 0 radical (unpaired) electrons. The number of nitrogens with zero attached hydrogens (tertiary/aromatic N) is 1. The zero-order valence-corrected chi connectivity index (χ0v) is 9.86. The van der Waals surface area contributed by atoms with Gasteiger partial charge >= 0.3 is 0 Å². The molecule has 0 saturated heterocycles. The Kier molecular flexibility index (Phi) is 3.89. The van der Waals surface area contributed by atoms with E-state index in [0.29, 0.717) is 6.61 Å². The van der Waals surface area contributed by atoms with Crippen molar-refractivity contribution in [2.75, 3.05) is 6.61 Å². The first-order valence-corrected chi connectivity index (χ1v) is 5.81. The zero-order valence-electron chi connectivity index (χ0n) is 9.04. The first kappa shape index (κ1) is 11.5. The summed E-state index contributed by atoms with van der Waals surface area (Å²) in [5.41, 5.74) is 6.89. The second-order valence-corrected chi connectivity index (χ2v) is 4.43. The molecule has 80 valence electrons. The summed E-state index contributed by atoms with van der Waals surface area (Å²) in [6.45, 7) is 6.67. The van der Waals surface area contributed by atoms with Gasteiger partial charge in [0.05, 0.1) is 5.69 Å². The van der Waals surface area contributed by atoms with Crippen molar-refractivity contribution in [3.63, 3.8) is 0 Å². The molecule has 0 unspecified atom stereocenters. The highest BCUT2D eigenvalue weighted by Crippen LogP contribution is 2.20. The Balaban J connectivity index is 2.47. The maximum absolute atomic E-state index is 6.10. The van der Waals surface area contributed by atoms with Gasteiger partial charge in [-0.25, -0.2) is 4.98 Å². The van der Waals surface area contributed by atoms with Crippen molar-refractivity contribution in [1.82, 2.24) is 4.98 Å². The van der Waals surface area contributed by atoms with Gasteiger partial charge in [0.25, 0.3) is 5.19 Å². The molecule has 4 heteroatoms. The Hall–Kier alpha value is -0.610. The smallest absolute Gasteiger partial charge is 0.273 e. The van der Waals surface area contributed by atoms with E-state index in [1.165, 1.54) is 11.3 Å². The van der Waals surface area contributed by atoms with Crippen LogP contribution in [0.2, 0.25) is 0 Å². The molecule has 2 N–H and O–H groups in total. The van der Waals surface area contributed by atoms with E-state index < -0.39 is 0 Å². The van der Waals surface area contributed by atoms with Crippen LogP contribution in [0.3, 0.4) is 0 Å². The summed E-state index contributed by atoms with van der Waals surface area (Å²) >= 11 is 1.52. The first-order chi connectivity index (χ1) is 6.59. The summed E-state index contributed by atoms with van der Waals surface area (Å²) in [6, 6.07) is 0. The molecule has 0 spiro atoms. The van der Waals surface area contributed by atoms with Gasteiger partial charge in [0.1, 0.15) is 6.61 Å². The topological polar surface area (TPSA) is 48.1 Å². The Morgan fingerprint density at radius 3 is 2.57 bits per heavy atom. The fourth-order valence-electron chi connectivity index (χ4n) is 1.06. The monoisotopic (exact) mass is 214 g/mol. The molecule has 0 atom stereocenters. The third-order valence-corrected chi connectivity index (χ3v) is 3.36. The summed E-state index contributed by atoms with van der Waals surface area (Å²) in [5.74, 6) is 0. The van der Waals surface area contributed by atoms with E-state index in [1.54, 1.807) is 0 Å². The van der Waals surface area contributed by atoms with E-state index in [9.17, 15) is 0 Å². The third kappa shape index (κ3) is 2.96. The van der Waals surface area contributed by atoms with Crippen LogP contribution in [-0.4, -0.2) is 17.1 Å². The van der Waals surface area contributed by atoms with Gasteiger partial charge in [-0.1, -0.05) is 25.2 Å². The fraction of sp³-hybridized carbons (Fsp3) is 0.700. The molecule has 1 rings (SSSR count). The normalized spacial score (nSPS) is 11.7. The number of hydrogen-bond donors (Lipinski definition) is 1. The van der Waals surface area contributed by atoms with Crippen molar-refractivity contribution in [1.29, 1.82) is 0 Å². The molecular weight excluding hydrogens is 196 g/mol. The van der Waals surface area contributed by atoms with Gasteiger partial charge < -0.3 is 10.5 Å². The van der Waals surface area contributed by atoms with Crippen LogP contribution in [0.1, 0.15) is 32.4 Å². The van der Waals surface area contributed by atoms with Crippen LogP contribution in [0.25, 0.3) is 0 Å². The van der Waals surface area contributed by atoms with Crippen molar-refractivity contribution in [2.45, 2.75) is 39.2 Å². The number of thiazole rings is 1. The number of hydrogen-bond acceptors (Lipinski definition) is 4. The minimum absolute atomic E-state index is 0.209. The Labute approximate surface area is 89.3 Å². The summed E-state index contributed by atoms with van der Waals surface area (Å²) in [5, 5.41) is 2.70. The van der Waals surface area contributed by atoms with E-state index in [1.807, 2.05) is 12.3 Å². The Morgan fingerprint density at radius 1 is 1.50 bits per heavy atom. The van der Waals surface area contributed by atoms with Crippen LogP contribution < -0.4 is 10.5 Å². The summed E-state index contributed by atoms with van der Waals surface area (Å²) in [6.07, 6.45) is 1.85. The number of ether oxygens (including phenoxy) is 1. The summed E-state index contributed by atoms with van der Waals surface area (Å²) in [7, 11) is 0. The summed E-state index contributed by atoms with van der Waals surface area (Å²) in [4.78, 5) is 4.22. The van der Waals surface area contributed by atoms with E-state index >= 15 is 0 Å². The molecule has 3 nitrogen and oxygen atoms in total. The minimum Gasteiger partial charge on any atom is -0.468 e. The van der Waals surface area contributed by atoms with Crippen LogP contribution in [0.4, 0.5) is 0 Å². The van der Waals surface area contributed by atoms with Crippen LogP contribution >= 0.6 is 11.3 Å². The number of rotatable bonds is 5. The molecule has 0 aliphatic rings. The van der Waals surface area contributed by atoms with Crippen LogP contribution in [-0.2, 0) is 0 Å². The number of aromatic nitrogens is 1. The lowest BCUT2D eigenvalue weighted by molar-refractivity contribution is 0.206. The first-order valence-electron chi connectivity index (χ1n) is 4.93. The predicted molar refractivity (Wildman–Crippen MR) is 59.8 cm³/mol. The molecule has 0 saturated carbocycles. The van der Waals surface area contributed by atoms with E-state index in [-0.39, 0.29) is 5.54 Å². The van der Waals surface area contributed by atoms with Crippen molar-refractivity contribution < 1.29 is 4.74 Å². The Bertz CT molecular complexity index is 281. The number of aryl methyl sites for hydroxylation is 1. The SMILES string of the molecule is CCC(N)(CC)COc1nc(C)cs1. The lowest BCUT2D eigenvalue weighted by Crippen LogP contribution is -2.44. The molecule has 0 amide bonds. The molecule has 0 aromatic carbocycles. The molecule has 1 aromatic rings. The lowest BCUT2D eigenvalue weighted by Gasteiger charge is -2.25. The molecular formula is C10H18N2OS. The molecule has 0 aliphatic carbocycles. The molecule has 0 fully saturated rings. The molecule has 0 bridgehead atoms. The third-order valence-electron chi connectivity index (χ3n) is 2.49. The van der Waals surface area contributed by atoms with Crippen LogP contribution in [0.15, 0.2) is 5.38 Å². The zero-order chi connectivity index (χ0) is 10.6. The number of nitrogens with two attached hydrogens (primary N) is 1. The van der Waals surface area contributed by atoms with E-state index in [4.69, 9.17) is 10.5 Å². The van der Waals surface area contributed by atoms with Crippen LogP contribution in [0.5, 0.6) is 5.19 Å². The van der Waals surface area contributed by atoms with Gasteiger partial charge in [0, 0.05) is 10.9 Å². The highest BCUT2D eigenvalue weighted by Gasteiger charge is 2.21. The van der Waals surface area contributed by atoms with Gasteiger partial charge in [-0.2, -0.15) is 0 Å². The van der Waals surface area contributed by atoms with Gasteiger partial charge in [0.2, 0.25) is 0 Å². The second kappa shape index (κ2) is 4.75. The van der Waals surface area contributed by atoms with E-state index in [2.05, 4.69) is 18.8 Å². The van der Waals surface area contributed by atoms with Gasteiger partial charge in [-0.05, 0) is 19.8 Å². The van der Waals surface area contributed by atoms with Crippen molar-refractivity contribution in [3.05, 3.63) is 11.1 Å². The lowest BCUT2D eigenvalue weighted by atomic mass is 9.96. The van der Waals surface area contributed by atoms with E-state index in [0.717, 1.165) is 23.7 Å². The van der Waals surface area contributed by atoms with Crippen molar-refractivity contribution in [2.24, 2.45) is 5.73 Å². The second-order valence-electron chi connectivity index (χ2n) is 3.61. The van der Waals surface area contributed by atoms with Gasteiger partial charge in [-0.15, -0.1) is 0 Å². The highest BCUT2D eigenvalue weighted by atomic mass is 32.1. The van der Waals surface area contributed by atoms with Gasteiger partial charge in [-0.3, -0.25) is 0 Å². The average Bonchev–Trinajstić information content (AvgIpc) is 2.61. The average molecular weight is 214 g/mol. The molecule has 1 heterocycles.